The van der Waals surface area contributed by atoms with Gasteiger partial charge < -0.3 is 35.1 Å². The number of nitrogens with two attached hydrogens (primary N) is 1. The topological polar surface area (TPSA) is 144 Å². The number of hydrogen-bond acceptors (Lipinski definition) is 10. The van der Waals surface area contributed by atoms with Gasteiger partial charge in [0, 0.05) is 19.5 Å². The molecule has 0 spiro atoms. The molecule has 4 atom stereocenters. The number of carbonyl (C=O) groups is 2. The van der Waals surface area contributed by atoms with Crippen molar-refractivity contribution in [3.8, 4) is 0 Å². The molecule has 2 rings (SSSR count). The van der Waals surface area contributed by atoms with Crippen LogP contribution >= 0.6 is 0 Å². The molecule has 2 aliphatic rings. The first-order chi connectivity index (χ1) is 13.0. The molecular formula is C16H23F2N3O7. The minimum absolute atomic E-state index is 0.0776. The standard InChI is InChI=1S/C16H23F2N3O7/c1-3-4-11(22)27-8-12(23)26-7-9-13(24)16(17,18)14(28-9)21-6-5-10(19)20-15(21,2)25/h5-6,9,13-14,24-25H,3-4,7-8H2,1-2H3,(H2,19,20). The summed E-state index contributed by atoms with van der Waals surface area (Å²) >= 11 is 0. The molecule has 158 valence electrons. The van der Waals surface area contributed by atoms with Gasteiger partial charge in [0.05, 0.1) is 0 Å². The van der Waals surface area contributed by atoms with Crippen molar-refractivity contribution in [2.75, 3.05) is 13.2 Å². The third-order valence-corrected chi connectivity index (χ3v) is 4.08. The summed E-state index contributed by atoms with van der Waals surface area (Å²) in [5.41, 5.74) is 5.45. The predicted octanol–water partition coefficient (Wildman–Crippen LogP) is -0.553. The number of aliphatic hydroxyl groups excluding tert-OH is 1. The molecule has 28 heavy (non-hydrogen) atoms. The number of hydrogen-bond donors (Lipinski definition) is 3. The van der Waals surface area contributed by atoms with Gasteiger partial charge in [0.25, 0.3) is 0 Å². The van der Waals surface area contributed by atoms with Crippen LogP contribution in [0.15, 0.2) is 17.3 Å². The van der Waals surface area contributed by atoms with Crippen LogP contribution in [0.25, 0.3) is 0 Å². The highest BCUT2D eigenvalue weighted by molar-refractivity contribution is 5.92. The van der Waals surface area contributed by atoms with Crippen LogP contribution in [0.1, 0.15) is 26.7 Å². The van der Waals surface area contributed by atoms with E-state index in [1.165, 1.54) is 6.08 Å². The Morgan fingerprint density at radius 1 is 1.39 bits per heavy atom. The van der Waals surface area contributed by atoms with E-state index in [-0.39, 0.29) is 12.3 Å². The number of rotatable bonds is 7. The summed E-state index contributed by atoms with van der Waals surface area (Å²) in [6.07, 6.45) is -3.07. The molecule has 0 aromatic heterocycles. The van der Waals surface area contributed by atoms with E-state index in [1.807, 2.05) is 0 Å². The molecule has 1 fully saturated rings. The van der Waals surface area contributed by atoms with Gasteiger partial charge in [0.2, 0.25) is 12.1 Å². The molecule has 0 aliphatic carbocycles. The summed E-state index contributed by atoms with van der Waals surface area (Å²) in [6.45, 7) is 1.48. The van der Waals surface area contributed by atoms with E-state index in [0.717, 1.165) is 13.1 Å². The molecule has 2 aliphatic heterocycles. The zero-order chi connectivity index (χ0) is 21.1. The minimum Gasteiger partial charge on any atom is -0.460 e. The lowest BCUT2D eigenvalue weighted by atomic mass is 10.1. The summed E-state index contributed by atoms with van der Waals surface area (Å²) < 4.78 is 43.5. The van der Waals surface area contributed by atoms with E-state index in [1.54, 1.807) is 6.92 Å². The number of esters is 2. The van der Waals surface area contributed by atoms with Gasteiger partial charge in [-0.15, -0.1) is 0 Å². The van der Waals surface area contributed by atoms with E-state index in [2.05, 4.69) is 9.73 Å². The normalized spacial score (nSPS) is 31.4. The van der Waals surface area contributed by atoms with E-state index in [4.69, 9.17) is 15.2 Å². The van der Waals surface area contributed by atoms with Crippen LogP contribution < -0.4 is 5.73 Å². The summed E-state index contributed by atoms with van der Waals surface area (Å²) in [5, 5.41) is 20.1. The summed E-state index contributed by atoms with van der Waals surface area (Å²) in [7, 11) is 0. The largest absolute Gasteiger partial charge is 0.460 e. The van der Waals surface area contributed by atoms with Gasteiger partial charge in [-0.05, 0) is 12.5 Å². The van der Waals surface area contributed by atoms with Crippen LogP contribution in [0.3, 0.4) is 0 Å². The summed E-state index contributed by atoms with van der Waals surface area (Å²) in [4.78, 5) is 27.1. The van der Waals surface area contributed by atoms with Crippen LogP contribution in [0.2, 0.25) is 0 Å². The van der Waals surface area contributed by atoms with Crippen LogP contribution in [0, 0.1) is 0 Å². The first-order valence-electron chi connectivity index (χ1n) is 8.56. The molecule has 0 radical (unpaired) electrons. The minimum atomic E-state index is -3.82. The Bertz CT molecular complexity index is 669. The van der Waals surface area contributed by atoms with Gasteiger partial charge in [-0.3, -0.25) is 4.79 Å². The second kappa shape index (κ2) is 8.37. The lowest BCUT2D eigenvalue weighted by molar-refractivity contribution is -0.215. The van der Waals surface area contributed by atoms with E-state index >= 15 is 0 Å². The molecule has 0 amide bonds. The number of ether oxygens (including phenoxy) is 3. The first kappa shape index (κ1) is 22.0. The smallest absolute Gasteiger partial charge is 0.344 e. The van der Waals surface area contributed by atoms with Crippen molar-refractivity contribution in [1.82, 2.24) is 4.90 Å². The Kier molecular flexibility index (Phi) is 6.57. The van der Waals surface area contributed by atoms with Crippen molar-refractivity contribution in [3.05, 3.63) is 12.3 Å². The Morgan fingerprint density at radius 2 is 2.07 bits per heavy atom. The van der Waals surface area contributed by atoms with Crippen LogP contribution in [-0.4, -0.2) is 76.3 Å². The predicted molar refractivity (Wildman–Crippen MR) is 89.7 cm³/mol. The molecule has 4 unspecified atom stereocenters. The van der Waals surface area contributed by atoms with E-state index in [9.17, 15) is 28.6 Å². The molecule has 0 saturated carbocycles. The molecule has 4 N–H and O–H groups in total. The SMILES string of the molecule is CCCC(=O)OCC(=O)OCC1OC(N2C=CC(N)=NC2(C)O)C(F)(F)C1O. The average Bonchev–Trinajstić information content (AvgIpc) is 2.81. The van der Waals surface area contributed by atoms with Gasteiger partial charge in [0.1, 0.15) is 18.5 Å². The highest BCUT2D eigenvalue weighted by atomic mass is 19.3. The number of nitrogens with zero attached hydrogens (tertiary/aromatic N) is 2. The van der Waals surface area contributed by atoms with Gasteiger partial charge >= 0.3 is 17.9 Å². The maximum Gasteiger partial charge on any atom is 0.344 e. The van der Waals surface area contributed by atoms with E-state index < -0.39 is 55.4 Å². The van der Waals surface area contributed by atoms with Crippen molar-refractivity contribution >= 4 is 17.8 Å². The monoisotopic (exact) mass is 407 g/mol. The van der Waals surface area contributed by atoms with Crippen LogP contribution in [0.5, 0.6) is 0 Å². The second-order valence-electron chi connectivity index (χ2n) is 6.47. The number of carbonyl (C=O) groups excluding carboxylic acids is 2. The molecule has 12 heteroatoms. The third-order valence-electron chi connectivity index (χ3n) is 4.08. The molecular weight excluding hydrogens is 384 g/mol. The maximum absolute atomic E-state index is 14.5. The Hall–Kier alpha value is -2.31. The number of amidine groups is 1. The zero-order valence-corrected chi connectivity index (χ0v) is 15.4. The average molecular weight is 407 g/mol. The maximum atomic E-state index is 14.5. The summed E-state index contributed by atoms with van der Waals surface area (Å²) in [6, 6.07) is 0. The Labute approximate surface area is 159 Å². The second-order valence-corrected chi connectivity index (χ2v) is 6.47. The number of halogens is 2. The van der Waals surface area contributed by atoms with Gasteiger partial charge in [-0.2, -0.15) is 8.78 Å². The molecule has 0 aromatic rings. The van der Waals surface area contributed by atoms with Crippen molar-refractivity contribution in [2.45, 2.75) is 56.9 Å². The van der Waals surface area contributed by atoms with Crippen LogP contribution in [0.4, 0.5) is 8.78 Å². The van der Waals surface area contributed by atoms with Crippen molar-refractivity contribution in [2.24, 2.45) is 10.7 Å². The fraction of sp³-hybridized carbons (Fsp3) is 0.688. The zero-order valence-electron chi connectivity index (χ0n) is 15.4. The highest BCUT2D eigenvalue weighted by Gasteiger charge is 2.62. The lowest BCUT2D eigenvalue weighted by Crippen LogP contribution is -2.56. The highest BCUT2D eigenvalue weighted by Crippen LogP contribution is 2.41. The molecule has 1 saturated heterocycles. The first-order valence-corrected chi connectivity index (χ1v) is 8.56. The van der Waals surface area contributed by atoms with Crippen molar-refractivity contribution in [1.29, 1.82) is 0 Å². The fourth-order valence-electron chi connectivity index (χ4n) is 2.68. The number of alkyl halides is 2. The Morgan fingerprint density at radius 3 is 2.68 bits per heavy atom. The van der Waals surface area contributed by atoms with Crippen molar-refractivity contribution in [3.63, 3.8) is 0 Å². The third kappa shape index (κ3) is 4.75. The number of aliphatic imine (C=N–C) groups is 1. The van der Waals surface area contributed by atoms with Gasteiger partial charge in [-0.1, -0.05) is 6.92 Å². The van der Waals surface area contributed by atoms with E-state index in [0.29, 0.717) is 11.3 Å². The quantitative estimate of drug-likeness (QED) is 0.473. The molecule has 2 heterocycles. The molecule has 10 nitrogen and oxygen atoms in total. The Balaban J connectivity index is 1.97. The molecule has 0 aromatic carbocycles. The van der Waals surface area contributed by atoms with Gasteiger partial charge in [0.15, 0.2) is 12.7 Å². The van der Waals surface area contributed by atoms with Crippen molar-refractivity contribution < 1.29 is 42.8 Å². The number of aliphatic hydroxyl groups is 2. The van der Waals surface area contributed by atoms with Gasteiger partial charge in [-0.25, -0.2) is 9.79 Å². The summed E-state index contributed by atoms with van der Waals surface area (Å²) in [5.74, 6) is -7.60. The molecule has 0 bridgehead atoms. The fourth-order valence-corrected chi connectivity index (χ4v) is 2.68. The lowest BCUT2D eigenvalue weighted by Gasteiger charge is -2.40. The van der Waals surface area contributed by atoms with Crippen LogP contribution in [-0.2, 0) is 23.8 Å².